The van der Waals surface area contributed by atoms with Gasteiger partial charge in [0, 0.05) is 42.3 Å². The van der Waals surface area contributed by atoms with Gasteiger partial charge in [-0.05, 0) is 49.4 Å². The van der Waals surface area contributed by atoms with Gasteiger partial charge < -0.3 is 4.90 Å². The van der Waals surface area contributed by atoms with Crippen molar-refractivity contribution in [3.05, 3.63) is 84.2 Å². The van der Waals surface area contributed by atoms with Crippen molar-refractivity contribution in [2.45, 2.75) is 32.2 Å². The number of aryl methyl sites for hydroxylation is 1. The molecule has 0 spiro atoms. The SMILES string of the molecule is Cc1cccc2c(C(=O)N3CCCC[C@H]3c3cccnc3)cc(-c3cncnc3)nc12. The van der Waals surface area contributed by atoms with Gasteiger partial charge in [0.2, 0.25) is 0 Å². The highest BCUT2D eigenvalue weighted by atomic mass is 16.2. The average Bonchev–Trinajstić information content (AvgIpc) is 2.84. The molecule has 0 unspecified atom stereocenters. The van der Waals surface area contributed by atoms with Crippen LogP contribution in [0.3, 0.4) is 0 Å². The monoisotopic (exact) mass is 409 g/mol. The zero-order chi connectivity index (χ0) is 21.2. The highest BCUT2D eigenvalue weighted by Gasteiger charge is 2.30. The Hall–Kier alpha value is -3.67. The molecule has 1 aromatic carbocycles. The summed E-state index contributed by atoms with van der Waals surface area (Å²) in [6, 6.07) is 11.9. The van der Waals surface area contributed by atoms with Crippen LogP contribution in [0.25, 0.3) is 22.2 Å². The molecule has 154 valence electrons. The van der Waals surface area contributed by atoms with Gasteiger partial charge in [-0.3, -0.25) is 9.78 Å². The molecular weight excluding hydrogens is 386 g/mol. The second-order valence-corrected chi connectivity index (χ2v) is 7.95. The highest BCUT2D eigenvalue weighted by Crippen LogP contribution is 2.34. The molecule has 3 aromatic heterocycles. The fourth-order valence-corrected chi connectivity index (χ4v) is 4.40. The van der Waals surface area contributed by atoms with Crippen molar-refractivity contribution >= 4 is 16.8 Å². The molecule has 4 heterocycles. The van der Waals surface area contributed by atoms with Crippen LogP contribution in [0.5, 0.6) is 0 Å². The zero-order valence-corrected chi connectivity index (χ0v) is 17.4. The predicted molar refractivity (Wildman–Crippen MR) is 119 cm³/mol. The normalized spacial score (nSPS) is 16.4. The smallest absolute Gasteiger partial charge is 0.255 e. The summed E-state index contributed by atoms with van der Waals surface area (Å²) < 4.78 is 0. The van der Waals surface area contributed by atoms with E-state index in [2.05, 4.69) is 21.0 Å². The number of amides is 1. The molecule has 0 radical (unpaired) electrons. The van der Waals surface area contributed by atoms with Crippen LogP contribution in [0.1, 0.15) is 46.8 Å². The van der Waals surface area contributed by atoms with E-state index in [1.165, 1.54) is 6.33 Å². The molecule has 1 amide bonds. The van der Waals surface area contributed by atoms with E-state index in [0.29, 0.717) is 11.3 Å². The molecule has 1 aliphatic heterocycles. The maximum absolute atomic E-state index is 13.9. The summed E-state index contributed by atoms with van der Waals surface area (Å²) in [5.74, 6) is 0.0321. The van der Waals surface area contributed by atoms with Crippen molar-refractivity contribution in [2.24, 2.45) is 0 Å². The number of rotatable bonds is 3. The van der Waals surface area contributed by atoms with Crippen LogP contribution in [0, 0.1) is 6.92 Å². The number of aromatic nitrogens is 4. The number of likely N-dealkylation sites (tertiary alicyclic amines) is 1. The van der Waals surface area contributed by atoms with Gasteiger partial charge in [0.15, 0.2) is 0 Å². The minimum absolute atomic E-state index is 0.0321. The van der Waals surface area contributed by atoms with E-state index >= 15 is 0 Å². The first-order valence-electron chi connectivity index (χ1n) is 10.6. The van der Waals surface area contributed by atoms with E-state index in [9.17, 15) is 4.79 Å². The van der Waals surface area contributed by atoms with E-state index in [-0.39, 0.29) is 11.9 Å². The summed E-state index contributed by atoms with van der Waals surface area (Å²) in [6.45, 7) is 2.76. The lowest BCUT2D eigenvalue weighted by Gasteiger charge is -2.36. The van der Waals surface area contributed by atoms with Gasteiger partial charge in [-0.2, -0.15) is 0 Å². The van der Waals surface area contributed by atoms with E-state index in [0.717, 1.165) is 53.4 Å². The first-order chi connectivity index (χ1) is 15.2. The van der Waals surface area contributed by atoms with E-state index < -0.39 is 0 Å². The Morgan fingerprint density at radius 3 is 2.71 bits per heavy atom. The number of piperidine rings is 1. The van der Waals surface area contributed by atoms with Gasteiger partial charge in [-0.1, -0.05) is 24.3 Å². The summed E-state index contributed by atoms with van der Waals surface area (Å²) in [5.41, 5.74) is 5.13. The molecule has 0 N–H and O–H groups in total. The van der Waals surface area contributed by atoms with Crippen molar-refractivity contribution in [3.8, 4) is 11.3 Å². The van der Waals surface area contributed by atoms with Gasteiger partial charge in [-0.15, -0.1) is 0 Å². The molecule has 5 rings (SSSR count). The molecule has 6 nitrogen and oxygen atoms in total. The molecule has 0 bridgehead atoms. The van der Waals surface area contributed by atoms with E-state index in [1.54, 1.807) is 18.6 Å². The van der Waals surface area contributed by atoms with Crippen molar-refractivity contribution < 1.29 is 4.79 Å². The molecule has 1 fully saturated rings. The van der Waals surface area contributed by atoms with Gasteiger partial charge >= 0.3 is 0 Å². The molecular formula is C25H23N5O. The lowest BCUT2D eigenvalue weighted by molar-refractivity contribution is 0.0613. The summed E-state index contributed by atoms with van der Waals surface area (Å²) in [6.07, 6.45) is 11.6. The molecule has 6 heteroatoms. The number of carbonyl (C=O) groups excluding carboxylic acids is 1. The molecule has 4 aromatic rings. The number of pyridine rings is 2. The van der Waals surface area contributed by atoms with E-state index in [4.69, 9.17) is 4.98 Å². The van der Waals surface area contributed by atoms with Crippen molar-refractivity contribution in [1.29, 1.82) is 0 Å². The maximum Gasteiger partial charge on any atom is 0.255 e. The minimum Gasteiger partial charge on any atom is -0.332 e. The maximum atomic E-state index is 13.9. The average molecular weight is 409 g/mol. The largest absolute Gasteiger partial charge is 0.332 e. The quantitative estimate of drug-likeness (QED) is 0.488. The number of hydrogen-bond acceptors (Lipinski definition) is 5. The first kappa shape index (κ1) is 19.3. The van der Waals surface area contributed by atoms with Crippen LogP contribution in [-0.4, -0.2) is 37.3 Å². The number of carbonyl (C=O) groups is 1. The van der Waals surface area contributed by atoms with Gasteiger partial charge in [0.1, 0.15) is 6.33 Å². The summed E-state index contributed by atoms with van der Waals surface area (Å²) in [5, 5.41) is 0.876. The molecule has 1 atom stereocenters. The molecule has 31 heavy (non-hydrogen) atoms. The summed E-state index contributed by atoms with van der Waals surface area (Å²) in [7, 11) is 0. The predicted octanol–water partition coefficient (Wildman–Crippen LogP) is 4.76. The Kier molecular flexibility index (Phi) is 5.12. The molecule has 1 aliphatic rings. The second-order valence-electron chi connectivity index (χ2n) is 7.95. The second kappa shape index (κ2) is 8.22. The summed E-state index contributed by atoms with van der Waals surface area (Å²) in [4.78, 5) is 33.3. The standard InChI is InChI=1S/C25H23N5O/c1-17-6-4-8-20-21(12-22(29-24(17)20)19-14-27-16-28-15-19)25(31)30-11-3-2-9-23(30)18-7-5-10-26-13-18/h4-8,10,12-16,23H,2-3,9,11H2,1H3/t23-/m0/s1. The fraction of sp³-hybridized carbons (Fsp3) is 0.240. The van der Waals surface area contributed by atoms with Crippen LogP contribution in [-0.2, 0) is 0 Å². The molecule has 1 saturated heterocycles. The van der Waals surface area contributed by atoms with Crippen LogP contribution in [0.2, 0.25) is 0 Å². The summed E-state index contributed by atoms with van der Waals surface area (Å²) >= 11 is 0. The molecule has 0 saturated carbocycles. The Morgan fingerprint density at radius 1 is 1.03 bits per heavy atom. The van der Waals surface area contributed by atoms with Gasteiger partial charge in [0.25, 0.3) is 5.91 Å². The Morgan fingerprint density at radius 2 is 1.90 bits per heavy atom. The highest BCUT2D eigenvalue weighted by molar-refractivity contribution is 6.08. The number of nitrogens with zero attached hydrogens (tertiary/aromatic N) is 5. The van der Waals surface area contributed by atoms with E-state index in [1.807, 2.05) is 48.4 Å². The third kappa shape index (κ3) is 3.65. The third-order valence-electron chi connectivity index (χ3n) is 5.96. The Balaban J connectivity index is 1.64. The topological polar surface area (TPSA) is 71.9 Å². The first-order valence-corrected chi connectivity index (χ1v) is 10.6. The number of hydrogen-bond donors (Lipinski definition) is 0. The lowest BCUT2D eigenvalue weighted by atomic mass is 9.94. The van der Waals surface area contributed by atoms with Crippen LogP contribution < -0.4 is 0 Å². The Labute approximate surface area is 181 Å². The Bertz CT molecular complexity index is 1230. The lowest BCUT2D eigenvalue weighted by Crippen LogP contribution is -2.38. The van der Waals surface area contributed by atoms with Crippen LogP contribution >= 0.6 is 0 Å². The van der Waals surface area contributed by atoms with Gasteiger partial charge in [0.05, 0.1) is 22.8 Å². The third-order valence-corrected chi connectivity index (χ3v) is 5.96. The fourth-order valence-electron chi connectivity index (χ4n) is 4.40. The van der Waals surface area contributed by atoms with Crippen molar-refractivity contribution in [1.82, 2.24) is 24.8 Å². The number of para-hydroxylation sites is 1. The van der Waals surface area contributed by atoms with Crippen molar-refractivity contribution in [2.75, 3.05) is 6.54 Å². The number of fused-ring (bicyclic) bond motifs is 1. The van der Waals surface area contributed by atoms with Crippen molar-refractivity contribution in [3.63, 3.8) is 0 Å². The van der Waals surface area contributed by atoms with Crippen LogP contribution in [0.4, 0.5) is 0 Å². The number of benzene rings is 1. The minimum atomic E-state index is 0.0321. The van der Waals surface area contributed by atoms with Gasteiger partial charge in [-0.25, -0.2) is 15.0 Å². The van der Waals surface area contributed by atoms with Crippen LogP contribution in [0.15, 0.2) is 67.5 Å². The zero-order valence-electron chi connectivity index (χ0n) is 17.4. The molecule has 0 aliphatic carbocycles.